The van der Waals surface area contributed by atoms with Crippen molar-refractivity contribution in [2.24, 2.45) is 4.99 Å². The molecule has 9 heteroatoms. The van der Waals surface area contributed by atoms with Crippen LogP contribution in [0.5, 0.6) is 11.5 Å². The van der Waals surface area contributed by atoms with E-state index in [4.69, 9.17) is 9.47 Å². The Hall–Kier alpha value is -2.69. The van der Waals surface area contributed by atoms with E-state index in [1.54, 1.807) is 7.05 Å². The Labute approximate surface area is 212 Å². The Bertz CT molecular complexity index is 933. The lowest BCUT2D eigenvalue weighted by Gasteiger charge is -2.36. The molecule has 2 aromatic carbocycles. The van der Waals surface area contributed by atoms with Gasteiger partial charge in [-0.05, 0) is 24.3 Å². The highest BCUT2D eigenvalue weighted by molar-refractivity contribution is 14.0. The van der Waals surface area contributed by atoms with Crippen LogP contribution in [0.4, 0.5) is 11.4 Å². The van der Waals surface area contributed by atoms with E-state index in [9.17, 15) is 4.79 Å². The van der Waals surface area contributed by atoms with Crippen molar-refractivity contribution in [2.45, 2.75) is 12.8 Å². The molecule has 2 N–H and O–H groups in total. The fourth-order valence-electron chi connectivity index (χ4n) is 3.86. The largest absolute Gasteiger partial charge is 0.490 e. The first kappa shape index (κ1) is 24.9. The highest BCUT2D eigenvalue weighted by atomic mass is 127. The normalized spacial score (nSPS) is 15.8. The number of carbonyl (C=O) groups excluding carboxylic acids is 1. The molecule has 8 nitrogen and oxygen atoms in total. The molecule has 33 heavy (non-hydrogen) atoms. The smallest absolute Gasteiger partial charge is 0.224 e. The molecule has 2 aliphatic heterocycles. The summed E-state index contributed by atoms with van der Waals surface area (Å²) in [6.45, 7) is 5.04. The molecule has 1 saturated heterocycles. The third-order valence-corrected chi connectivity index (χ3v) is 5.62. The van der Waals surface area contributed by atoms with E-state index in [2.05, 4.69) is 32.7 Å². The van der Waals surface area contributed by atoms with Crippen molar-refractivity contribution in [1.29, 1.82) is 0 Å². The zero-order chi connectivity index (χ0) is 22.2. The monoisotopic (exact) mass is 565 g/mol. The number of nitrogens with one attached hydrogen (secondary N) is 2. The Morgan fingerprint density at radius 3 is 2.45 bits per heavy atom. The predicted molar refractivity (Wildman–Crippen MR) is 142 cm³/mol. The van der Waals surface area contributed by atoms with Crippen molar-refractivity contribution < 1.29 is 14.3 Å². The van der Waals surface area contributed by atoms with Gasteiger partial charge in [0.15, 0.2) is 17.5 Å². The molecule has 0 spiro atoms. The Morgan fingerprint density at radius 1 is 1.00 bits per heavy atom. The highest BCUT2D eigenvalue weighted by Crippen LogP contribution is 2.32. The second-order valence-electron chi connectivity index (χ2n) is 7.79. The molecule has 2 aromatic rings. The molecular weight excluding hydrogens is 533 g/mol. The number of hydrogen-bond acceptors (Lipinski definition) is 5. The summed E-state index contributed by atoms with van der Waals surface area (Å²) in [5.41, 5.74) is 2.07. The van der Waals surface area contributed by atoms with Crippen LogP contribution in [0.2, 0.25) is 0 Å². The number of anilines is 2. The zero-order valence-electron chi connectivity index (χ0n) is 19.0. The number of rotatable bonds is 5. The molecule has 2 aliphatic rings. The number of carbonyl (C=O) groups is 1. The molecule has 1 amide bonds. The van der Waals surface area contributed by atoms with Gasteiger partial charge in [-0.3, -0.25) is 9.79 Å². The van der Waals surface area contributed by atoms with Gasteiger partial charge in [0.2, 0.25) is 5.91 Å². The minimum Gasteiger partial charge on any atom is -0.490 e. The molecular formula is C24H32IN5O3. The maximum atomic E-state index is 12.6. The Morgan fingerprint density at radius 2 is 1.73 bits per heavy atom. The number of nitrogens with zero attached hydrogens (tertiary/aromatic N) is 3. The maximum Gasteiger partial charge on any atom is 0.224 e. The number of hydrogen-bond donors (Lipinski definition) is 2. The Kier molecular flexibility index (Phi) is 9.47. The lowest BCUT2D eigenvalue weighted by Crippen LogP contribution is -2.49. The predicted octanol–water partition coefficient (Wildman–Crippen LogP) is 3.19. The summed E-state index contributed by atoms with van der Waals surface area (Å²) in [6.07, 6.45) is 1.29. The third kappa shape index (κ3) is 6.89. The van der Waals surface area contributed by atoms with Crippen molar-refractivity contribution in [3.8, 4) is 11.5 Å². The minimum absolute atomic E-state index is 0. The van der Waals surface area contributed by atoms with Gasteiger partial charge in [0.25, 0.3) is 0 Å². The van der Waals surface area contributed by atoms with Gasteiger partial charge in [0, 0.05) is 70.1 Å². The van der Waals surface area contributed by atoms with Crippen LogP contribution in [0.3, 0.4) is 0 Å². The SMILES string of the molecule is CN=C(NCCC(=O)N1CCN(c2ccccc2)CC1)Nc1ccc2c(c1)OCCCO2.I. The molecule has 2 heterocycles. The van der Waals surface area contributed by atoms with Gasteiger partial charge < -0.3 is 29.9 Å². The number of ether oxygens (including phenoxy) is 2. The molecule has 4 rings (SSSR count). The van der Waals surface area contributed by atoms with Gasteiger partial charge in [-0.1, -0.05) is 18.2 Å². The third-order valence-electron chi connectivity index (χ3n) is 5.62. The van der Waals surface area contributed by atoms with Gasteiger partial charge in [0.1, 0.15) is 0 Å². The van der Waals surface area contributed by atoms with Crippen LogP contribution in [0.1, 0.15) is 12.8 Å². The topological polar surface area (TPSA) is 78.4 Å². The standard InChI is InChI=1S/C24H31N5O3.HI/c1-25-24(27-19-8-9-21-22(18-19)32-17-5-16-31-21)26-11-10-23(30)29-14-12-28(13-15-29)20-6-3-2-4-7-20;/h2-4,6-9,18H,5,10-17H2,1H3,(H2,25,26,27);1H. The van der Waals surface area contributed by atoms with Gasteiger partial charge in [-0.25, -0.2) is 0 Å². The summed E-state index contributed by atoms with van der Waals surface area (Å²) in [4.78, 5) is 21.2. The number of amides is 1. The van der Waals surface area contributed by atoms with E-state index in [0.29, 0.717) is 32.1 Å². The number of benzene rings is 2. The molecule has 178 valence electrons. The summed E-state index contributed by atoms with van der Waals surface area (Å²) >= 11 is 0. The second-order valence-corrected chi connectivity index (χ2v) is 7.79. The van der Waals surface area contributed by atoms with Crippen molar-refractivity contribution in [3.05, 3.63) is 48.5 Å². The average Bonchev–Trinajstić information content (AvgIpc) is 3.09. The van der Waals surface area contributed by atoms with Gasteiger partial charge in [0.05, 0.1) is 13.2 Å². The number of para-hydroxylation sites is 1. The van der Waals surface area contributed by atoms with E-state index >= 15 is 0 Å². The molecule has 0 unspecified atom stereocenters. The number of fused-ring (bicyclic) bond motifs is 1. The lowest BCUT2D eigenvalue weighted by atomic mass is 10.2. The highest BCUT2D eigenvalue weighted by Gasteiger charge is 2.21. The van der Waals surface area contributed by atoms with Crippen molar-refractivity contribution in [2.75, 3.05) is 63.2 Å². The fraction of sp³-hybridized carbons (Fsp3) is 0.417. The van der Waals surface area contributed by atoms with E-state index < -0.39 is 0 Å². The molecule has 0 bridgehead atoms. The molecule has 0 aliphatic carbocycles. The van der Waals surface area contributed by atoms with Crippen molar-refractivity contribution >= 4 is 47.2 Å². The first-order chi connectivity index (χ1) is 15.7. The number of aliphatic imine (C=N–C) groups is 1. The van der Waals surface area contributed by atoms with Crippen LogP contribution < -0.4 is 25.0 Å². The number of piperazine rings is 1. The lowest BCUT2D eigenvalue weighted by molar-refractivity contribution is -0.131. The van der Waals surface area contributed by atoms with Gasteiger partial charge in [-0.2, -0.15) is 0 Å². The van der Waals surface area contributed by atoms with E-state index in [-0.39, 0.29) is 29.9 Å². The fourth-order valence-corrected chi connectivity index (χ4v) is 3.86. The van der Waals surface area contributed by atoms with E-state index in [1.165, 1.54) is 5.69 Å². The van der Waals surface area contributed by atoms with Crippen molar-refractivity contribution in [3.63, 3.8) is 0 Å². The number of guanidine groups is 1. The molecule has 0 saturated carbocycles. The second kappa shape index (κ2) is 12.5. The zero-order valence-corrected chi connectivity index (χ0v) is 21.3. The van der Waals surface area contributed by atoms with Crippen LogP contribution in [0, 0.1) is 0 Å². The van der Waals surface area contributed by atoms with E-state index in [0.717, 1.165) is 49.8 Å². The summed E-state index contributed by atoms with van der Waals surface area (Å²) in [6, 6.07) is 16.1. The quantitative estimate of drug-likeness (QED) is 0.330. The van der Waals surface area contributed by atoms with Gasteiger partial charge >= 0.3 is 0 Å². The summed E-state index contributed by atoms with van der Waals surface area (Å²) in [7, 11) is 1.71. The molecule has 0 aromatic heterocycles. The van der Waals surface area contributed by atoms with Crippen LogP contribution in [-0.2, 0) is 4.79 Å². The Balaban J connectivity index is 0.00000306. The van der Waals surface area contributed by atoms with Crippen LogP contribution >= 0.6 is 24.0 Å². The van der Waals surface area contributed by atoms with Crippen LogP contribution in [0.15, 0.2) is 53.5 Å². The first-order valence-electron chi connectivity index (χ1n) is 11.2. The van der Waals surface area contributed by atoms with Crippen LogP contribution in [-0.4, -0.2) is 69.8 Å². The summed E-state index contributed by atoms with van der Waals surface area (Å²) in [5, 5.41) is 6.47. The molecule has 0 atom stereocenters. The summed E-state index contributed by atoms with van der Waals surface area (Å²) < 4.78 is 11.4. The number of halogens is 1. The van der Waals surface area contributed by atoms with Gasteiger partial charge in [-0.15, -0.1) is 24.0 Å². The van der Waals surface area contributed by atoms with Crippen LogP contribution in [0.25, 0.3) is 0 Å². The van der Waals surface area contributed by atoms with Crippen molar-refractivity contribution in [1.82, 2.24) is 10.2 Å². The molecule has 1 fully saturated rings. The summed E-state index contributed by atoms with van der Waals surface area (Å²) in [5.74, 6) is 2.26. The maximum absolute atomic E-state index is 12.6. The molecule has 0 radical (unpaired) electrons. The first-order valence-corrected chi connectivity index (χ1v) is 11.2. The minimum atomic E-state index is 0. The average molecular weight is 565 g/mol. The van der Waals surface area contributed by atoms with E-state index in [1.807, 2.05) is 41.3 Å².